The summed E-state index contributed by atoms with van der Waals surface area (Å²) in [5.74, 6) is 1.44. The van der Waals surface area contributed by atoms with E-state index in [4.69, 9.17) is 9.47 Å². The standard InChI is InChI=1S/C22H29N3O3/c1-24(19-8-5-4-6-9-19)12-7-11-23-22(26)25-13-10-17-14-20(27-2)21(28-3)15-18(17)16-25/h4-6,8-9,14-15H,7,10-13,16H2,1-3H3,(H,23,26). The minimum Gasteiger partial charge on any atom is -0.493 e. The van der Waals surface area contributed by atoms with Crippen LogP contribution in [0.2, 0.25) is 0 Å². The van der Waals surface area contributed by atoms with E-state index in [1.54, 1.807) is 14.2 Å². The van der Waals surface area contributed by atoms with Crippen LogP contribution < -0.4 is 19.7 Å². The summed E-state index contributed by atoms with van der Waals surface area (Å²) in [5, 5.41) is 3.05. The predicted octanol–water partition coefficient (Wildman–Crippen LogP) is 3.30. The van der Waals surface area contributed by atoms with Gasteiger partial charge >= 0.3 is 6.03 Å². The first kappa shape index (κ1) is 19.9. The fraction of sp³-hybridized carbons (Fsp3) is 0.409. The van der Waals surface area contributed by atoms with Crippen LogP contribution in [0.5, 0.6) is 11.5 Å². The third kappa shape index (κ3) is 4.68. The van der Waals surface area contributed by atoms with Crippen LogP contribution in [0.4, 0.5) is 10.5 Å². The van der Waals surface area contributed by atoms with Crippen LogP contribution in [-0.4, -0.2) is 51.8 Å². The molecule has 0 aromatic heterocycles. The number of anilines is 1. The lowest BCUT2D eigenvalue weighted by atomic mass is 9.99. The molecule has 0 bridgehead atoms. The van der Waals surface area contributed by atoms with Gasteiger partial charge < -0.3 is 24.6 Å². The monoisotopic (exact) mass is 383 g/mol. The first-order valence-corrected chi connectivity index (χ1v) is 9.65. The number of rotatable bonds is 7. The van der Waals surface area contributed by atoms with Crippen molar-refractivity contribution in [3.05, 3.63) is 53.6 Å². The summed E-state index contributed by atoms with van der Waals surface area (Å²) in [7, 11) is 5.34. The van der Waals surface area contributed by atoms with E-state index in [1.807, 2.05) is 35.2 Å². The fourth-order valence-electron chi connectivity index (χ4n) is 3.49. The van der Waals surface area contributed by atoms with Gasteiger partial charge in [-0.3, -0.25) is 0 Å². The summed E-state index contributed by atoms with van der Waals surface area (Å²) in [5.41, 5.74) is 3.51. The molecule has 6 heteroatoms. The summed E-state index contributed by atoms with van der Waals surface area (Å²) in [4.78, 5) is 16.6. The summed E-state index contributed by atoms with van der Waals surface area (Å²) in [6.07, 6.45) is 1.71. The van der Waals surface area contributed by atoms with Crippen molar-refractivity contribution < 1.29 is 14.3 Å². The molecule has 1 aliphatic heterocycles. The van der Waals surface area contributed by atoms with Crippen molar-refractivity contribution in [2.75, 3.05) is 45.8 Å². The van der Waals surface area contributed by atoms with Crippen LogP contribution in [-0.2, 0) is 13.0 Å². The smallest absolute Gasteiger partial charge is 0.317 e. The Labute approximate surface area is 167 Å². The highest BCUT2D eigenvalue weighted by Crippen LogP contribution is 2.33. The maximum absolute atomic E-state index is 12.5. The molecule has 0 radical (unpaired) electrons. The number of hydrogen-bond acceptors (Lipinski definition) is 4. The Hall–Kier alpha value is -2.89. The van der Waals surface area contributed by atoms with Gasteiger partial charge in [0.1, 0.15) is 0 Å². The molecule has 0 aliphatic carbocycles. The number of carbonyl (C=O) groups excluding carboxylic acids is 1. The highest BCUT2D eigenvalue weighted by molar-refractivity contribution is 5.74. The molecule has 0 fully saturated rings. The molecule has 150 valence electrons. The van der Waals surface area contributed by atoms with Crippen molar-refractivity contribution >= 4 is 11.7 Å². The molecule has 1 N–H and O–H groups in total. The molecule has 2 amide bonds. The van der Waals surface area contributed by atoms with E-state index in [2.05, 4.69) is 29.4 Å². The van der Waals surface area contributed by atoms with Crippen LogP contribution in [0.1, 0.15) is 17.5 Å². The van der Waals surface area contributed by atoms with Gasteiger partial charge in [-0.2, -0.15) is 0 Å². The van der Waals surface area contributed by atoms with Gasteiger partial charge in [0, 0.05) is 38.9 Å². The lowest BCUT2D eigenvalue weighted by molar-refractivity contribution is 0.192. The van der Waals surface area contributed by atoms with E-state index in [9.17, 15) is 4.79 Å². The molecular weight excluding hydrogens is 354 g/mol. The molecule has 2 aromatic rings. The molecule has 0 spiro atoms. The lowest BCUT2D eigenvalue weighted by Gasteiger charge is -2.30. The number of para-hydroxylation sites is 1. The number of urea groups is 1. The van der Waals surface area contributed by atoms with E-state index in [-0.39, 0.29) is 6.03 Å². The van der Waals surface area contributed by atoms with Crippen LogP contribution in [0.3, 0.4) is 0 Å². The second-order valence-corrected chi connectivity index (χ2v) is 6.99. The van der Waals surface area contributed by atoms with Gasteiger partial charge in [0.15, 0.2) is 11.5 Å². The van der Waals surface area contributed by atoms with Gasteiger partial charge in [0.05, 0.1) is 14.2 Å². The largest absolute Gasteiger partial charge is 0.493 e. The van der Waals surface area contributed by atoms with Crippen LogP contribution >= 0.6 is 0 Å². The van der Waals surface area contributed by atoms with Gasteiger partial charge in [-0.15, -0.1) is 0 Å². The zero-order valence-corrected chi connectivity index (χ0v) is 16.9. The SMILES string of the molecule is COc1cc2c(cc1OC)CN(C(=O)NCCCN(C)c1ccccc1)CC2. The summed E-state index contributed by atoms with van der Waals surface area (Å²) >= 11 is 0. The summed E-state index contributed by atoms with van der Waals surface area (Å²) in [6, 6.07) is 14.2. The van der Waals surface area contributed by atoms with Gasteiger partial charge in [-0.1, -0.05) is 18.2 Å². The van der Waals surface area contributed by atoms with Crippen LogP contribution in [0, 0.1) is 0 Å². The number of nitrogens with one attached hydrogen (secondary N) is 1. The third-order valence-corrected chi connectivity index (χ3v) is 5.15. The molecule has 0 saturated heterocycles. The van der Waals surface area contributed by atoms with Crippen LogP contribution in [0.25, 0.3) is 0 Å². The Balaban J connectivity index is 1.48. The number of amides is 2. The molecule has 2 aromatic carbocycles. The predicted molar refractivity (Wildman–Crippen MR) is 111 cm³/mol. The first-order valence-electron chi connectivity index (χ1n) is 9.65. The minimum absolute atomic E-state index is 0.0113. The summed E-state index contributed by atoms with van der Waals surface area (Å²) in [6.45, 7) is 2.85. The number of carbonyl (C=O) groups is 1. The van der Waals surface area contributed by atoms with Crippen molar-refractivity contribution in [3.63, 3.8) is 0 Å². The fourth-order valence-corrected chi connectivity index (χ4v) is 3.49. The Morgan fingerprint density at radius 3 is 2.46 bits per heavy atom. The third-order valence-electron chi connectivity index (χ3n) is 5.15. The zero-order chi connectivity index (χ0) is 19.9. The van der Waals surface area contributed by atoms with Gasteiger partial charge in [0.25, 0.3) is 0 Å². The Morgan fingerprint density at radius 1 is 1.11 bits per heavy atom. The molecule has 0 unspecified atom stereocenters. The zero-order valence-electron chi connectivity index (χ0n) is 16.9. The van der Waals surface area contributed by atoms with Gasteiger partial charge in [-0.25, -0.2) is 4.79 Å². The van der Waals surface area contributed by atoms with E-state index in [0.29, 0.717) is 25.4 Å². The van der Waals surface area contributed by atoms with Crippen molar-refractivity contribution in [1.29, 1.82) is 0 Å². The first-order chi connectivity index (χ1) is 13.6. The van der Waals surface area contributed by atoms with Crippen molar-refractivity contribution in [2.24, 2.45) is 0 Å². The molecule has 0 atom stereocenters. The molecule has 28 heavy (non-hydrogen) atoms. The number of fused-ring (bicyclic) bond motifs is 1. The van der Waals surface area contributed by atoms with Crippen LogP contribution in [0.15, 0.2) is 42.5 Å². The highest BCUT2D eigenvalue weighted by atomic mass is 16.5. The molecule has 1 heterocycles. The molecular formula is C22H29N3O3. The van der Waals surface area contributed by atoms with Crippen molar-refractivity contribution in [3.8, 4) is 11.5 Å². The number of methoxy groups -OCH3 is 2. The summed E-state index contributed by atoms with van der Waals surface area (Å²) < 4.78 is 10.8. The Kier molecular flexibility index (Phi) is 6.63. The van der Waals surface area contributed by atoms with Crippen molar-refractivity contribution in [1.82, 2.24) is 10.2 Å². The molecule has 1 aliphatic rings. The normalized spacial score (nSPS) is 12.9. The number of ether oxygens (including phenoxy) is 2. The number of hydrogen-bond donors (Lipinski definition) is 1. The van der Waals surface area contributed by atoms with Gasteiger partial charge in [0.2, 0.25) is 0 Å². The highest BCUT2D eigenvalue weighted by Gasteiger charge is 2.22. The van der Waals surface area contributed by atoms with Gasteiger partial charge in [-0.05, 0) is 48.2 Å². The quantitative estimate of drug-likeness (QED) is 0.746. The van der Waals surface area contributed by atoms with Crippen molar-refractivity contribution in [2.45, 2.75) is 19.4 Å². The second-order valence-electron chi connectivity index (χ2n) is 6.99. The average molecular weight is 383 g/mol. The maximum atomic E-state index is 12.5. The van der Waals surface area contributed by atoms with E-state index in [1.165, 1.54) is 11.3 Å². The Morgan fingerprint density at radius 2 is 1.79 bits per heavy atom. The average Bonchev–Trinajstić information content (AvgIpc) is 2.75. The molecule has 6 nitrogen and oxygen atoms in total. The van der Waals surface area contributed by atoms with E-state index < -0.39 is 0 Å². The molecule has 0 saturated carbocycles. The van der Waals surface area contributed by atoms with E-state index in [0.717, 1.165) is 30.7 Å². The maximum Gasteiger partial charge on any atom is 0.317 e. The Bertz CT molecular complexity index is 795. The minimum atomic E-state index is -0.0113. The van der Waals surface area contributed by atoms with E-state index >= 15 is 0 Å². The topological polar surface area (TPSA) is 54.0 Å². The second kappa shape index (κ2) is 9.35. The lowest BCUT2D eigenvalue weighted by Crippen LogP contribution is -2.43. The molecule has 3 rings (SSSR count). The number of benzene rings is 2. The number of nitrogens with zero attached hydrogens (tertiary/aromatic N) is 2.